The Bertz CT molecular complexity index is 1340. The highest BCUT2D eigenvalue weighted by Gasteiger charge is 2.59. The smallest absolute Gasteiger partial charge is 0.306 e. The summed E-state index contributed by atoms with van der Waals surface area (Å²) in [5, 5.41) is 0. The zero-order valence-electron chi connectivity index (χ0n) is 39.7. The number of carbonyl (C=O) groups excluding carboxylic acids is 1. The van der Waals surface area contributed by atoms with E-state index in [1.54, 1.807) is 5.57 Å². The summed E-state index contributed by atoms with van der Waals surface area (Å²) in [7, 11) is 0. The summed E-state index contributed by atoms with van der Waals surface area (Å²) in [6, 6.07) is 0. The number of hydrogen-bond donors (Lipinski definition) is 0. The maximum atomic E-state index is 12.9. The monoisotopic (exact) mass is 811 g/mol. The molecule has 0 spiro atoms. The minimum Gasteiger partial charge on any atom is -0.462 e. The fraction of sp³-hybridized carbons (Fsp3) is 0.772. The van der Waals surface area contributed by atoms with Gasteiger partial charge in [-0.25, -0.2) is 0 Å². The quantitative estimate of drug-likeness (QED) is 0.0427. The van der Waals surface area contributed by atoms with Gasteiger partial charge < -0.3 is 4.74 Å². The van der Waals surface area contributed by atoms with Crippen molar-refractivity contribution in [2.75, 3.05) is 0 Å². The van der Waals surface area contributed by atoms with Crippen LogP contribution in [0.2, 0.25) is 0 Å². The van der Waals surface area contributed by atoms with Gasteiger partial charge in [-0.15, -0.1) is 0 Å². The molecule has 0 amide bonds. The second-order valence-corrected chi connectivity index (χ2v) is 20.8. The molecule has 4 aliphatic rings. The van der Waals surface area contributed by atoms with Gasteiger partial charge in [-0.3, -0.25) is 4.79 Å². The molecule has 4 rings (SSSR count). The summed E-state index contributed by atoms with van der Waals surface area (Å²) in [6.45, 7) is 14.8. The van der Waals surface area contributed by atoms with Crippen LogP contribution in [0.5, 0.6) is 0 Å². The van der Waals surface area contributed by atoms with Crippen LogP contribution in [0.25, 0.3) is 0 Å². The lowest BCUT2D eigenvalue weighted by molar-refractivity contribution is -0.151. The lowest BCUT2D eigenvalue weighted by Crippen LogP contribution is -2.51. The third-order valence-corrected chi connectivity index (χ3v) is 16.0. The van der Waals surface area contributed by atoms with Crippen molar-refractivity contribution in [3.05, 3.63) is 72.4 Å². The number of carbonyl (C=O) groups is 1. The van der Waals surface area contributed by atoms with Gasteiger partial charge in [0.2, 0.25) is 0 Å². The Hall–Kier alpha value is -2.09. The second-order valence-electron chi connectivity index (χ2n) is 20.8. The van der Waals surface area contributed by atoms with E-state index >= 15 is 0 Å². The second kappa shape index (κ2) is 27.8. The first kappa shape index (κ1) is 49.6. The summed E-state index contributed by atoms with van der Waals surface area (Å²) in [5.74, 6) is 5.29. The minimum atomic E-state index is 0.0576. The van der Waals surface area contributed by atoms with Crippen LogP contribution in [0.3, 0.4) is 0 Å². The number of hydrogen-bond acceptors (Lipinski definition) is 2. The zero-order chi connectivity index (χ0) is 42.2. The Balaban J connectivity index is 0.966. The van der Waals surface area contributed by atoms with E-state index in [0.29, 0.717) is 17.3 Å². The summed E-state index contributed by atoms with van der Waals surface area (Å²) >= 11 is 0. The number of allylic oxidation sites excluding steroid dienone is 11. The van der Waals surface area contributed by atoms with E-state index in [-0.39, 0.29) is 12.1 Å². The van der Waals surface area contributed by atoms with Gasteiger partial charge in [0.25, 0.3) is 0 Å². The molecule has 3 saturated carbocycles. The van der Waals surface area contributed by atoms with Crippen LogP contribution in [0.15, 0.2) is 72.4 Å². The van der Waals surface area contributed by atoms with Gasteiger partial charge in [0.15, 0.2) is 0 Å². The number of rotatable bonds is 29. The molecule has 59 heavy (non-hydrogen) atoms. The number of unbranched alkanes of at least 4 members (excludes halogenated alkanes) is 11. The molecular weight excluding hydrogens is 717 g/mol. The van der Waals surface area contributed by atoms with E-state index in [1.165, 1.54) is 128 Å². The van der Waals surface area contributed by atoms with Gasteiger partial charge in [0, 0.05) is 12.8 Å². The van der Waals surface area contributed by atoms with Gasteiger partial charge in [-0.2, -0.15) is 0 Å². The molecule has 334 valence electrons. The molecule has 0 aromatic carbocycles. The van der Waals surface area contributed by atoms with Crippen molar-refractivity contribution in [3.8, 4) is 0 Å². The van der Waals surface area contributed by atoms with Gasteiger partial charge in [0.1, 0.15) is 6.10 Å². The Kier molecular flexibility index (Phi) is 23.3. The normalized spacial score (nSPS) is 28.9. The predicted octanol–water partition coefficient (Wildman–Crippen LogP) is 17.8. The summed E-state index contributed by atoms with van der Waals surface area (Å²) in [5.41, 5.74) is 2.52. The van der Waals surface area contributed by atoms with Crippen LogP contribution in [-0.4, -0.2) is 12.1 Å². The van der Waals surface area contributed by atoms with Crippen LogP contribution < -0.4 is 0 Å². The minimum absolute atomic E-state index is 0.0576. The van der Waals surface area contributed by atoms with E-state index in [0.717, 1.165) is 86.9 Å². The molecule has 0 saturated heterocycles. The zero-order valence-corrected chi connectivity index (χ0v) is 39.7. The Morgan fingerprint density at radius 2 is 1.24 bits per heavy atom. The molecule has 2 nitrogen and oxygen atoms in total. The Morgan fingerprint density at radius 3 is 1.85 bits per heavy atom. The molecule has 3 fully saturated rings. The largest absolute Gasteiger partial charge is 0.462 e. The van der Waals surface area contributed by atoms with Gasteiger partial charge in [0.05, 0.1) is 0 Å². The first-order valence-electron chi connectivity index (χ1n) is 25.8. The lowest BCUT2D eigenvalue weighted by Gasteiger charge is -2.58. The summed E-state index contributed by atoms with van der Waals surface area (Å²) in [4.78, 5) is 12.9. The van der Waals surface area contributed by atoms with Crippen molar-refractivity contribution >= 4 is 5.97 Å². The van der Waals surface area contributed by atoms with Crippen LogP contribution >= 0.6 is 0 Å². The molecule has 2 heteroatoms. The predicted molar refractivity (Wildman–Crippen MR) is 257 cm³/mol. The van der Waals surface area contributed by atoms with E-state index in [4.69, 9.17) is 4.74 Å². The molecule has 0 aliphatic heterocycles. The van der Waals surface area contributed by atoms with Crippen molar-refractivity contribution in [1.82, 2.24) is 0 Å². The van der Waals surface area contributed by atoms with E-state index in [1.807, 2.05) is 0 Å². The Morgan fingerprint density at radius 1 is 0.661 bits per heavy atom. The molecule has 4 aliphatic carbocycles. The molecule has 0 aromatic rings. The van der Waals surface area contributed by atoms with E-state index in [9.17, 15) is 4.79 Å². The number of esters is 1. The van der Waals surface area contributed by atoms with Crippen molar-refractivity contribution < 1.29 is 9.53 Å². The standard InChI is InChI=1S/C57H94O2/c1-7-8-9-10-11-12-13-14-15-16-17-18-19-20-21-22-23-24-25-26-27-28-29-30-31-32-33-37-55(58)59-50-42-44-56(5)49(46-50)38-39-51-53-41-40-52(48(4)36-34-35-47(2)3)57(53,6)45-43-54(51)56/h8-9,11-12,14-15,17-18,20-21,38,47-48,50-54H,7,10,13,16,19,22-37,39-46H2,1-6H3/b9-8-,12-11-,15-14-,18-17-,21-20-. The van der Waals surface area contributed by atoms with Crippen molar-refractivity contribution in [3.63, 3.8) is 0 Å². The highest BCUT2D eigenvalue weighted by Crippen LogP contribution is 2.67. The maximum Gasteiger partial charge on any atom is 0.306 e. The average Bonchev–Trinajstić information content (AvgIpc) is 3.58. The summed E-state index contributed by atoms with van der Waals surface area (Å²) < 4.78 is 6.16. The molecular formula is C57H94O2. The van der Waals surface area contributed by atoms with E-state index in [2.05, 4.69) is 108 Å². The highest BCUT2D eigenvalue weighted by molar-refractivity contribution is 5.69. The fourth-order valence-corrected chi connectivity index (χ4v) is 12.5. The van der Waals surface area contributed by atoms with E-state index < -0.39 is 0 Å². The van der Waals surface area contributed by atoms with Crippen LogP contribution in [0.4, 0.5) is 0 Å². The molecule has 8 atom stereocenters. The topological polar surface area (TPSA) is 26.3 Å². The third-order valence-electron chi connectivity index (χ3n) is 16.0. The third kappa shape index (κ3) is 16.6. The van der Waals surface area contributed by atoms with Crippen molar-refractivity contribution in [1.29, 1.82) is 0 Å². The summed E-state index contributed by atoms with van der Waals surface area (Å²) in [6.07, 6.45) is 61.4. The molecule has 0 N–H and O–H groups in total. The number of fused-ring (bicyclic) bond motifs is 5. The molecule has 0 aromatic heterocycles. The molecule has 0 radical (unpaired) electrons. The van der Waals surface area contributed by atoms with Gasteiger partial charge in [-0.1, -0.05) is 191 Å². The van der Waals surface area contributed by atoms with Crippen LogP contribution in [0, 0.1) is 46.3 Å². The lowest BCUT2D eigenvalue weighted by atomic mass is 9.47. The maximum absolute atomic E-state index is 12.9. The van der Waals surface area contributed by atoms with Crippen molar-refractivity contribution in [2.24, 2.45) is 46.3 Å². The Labute approximate surface area is 366 Å². The van der Waals surface area contributed by atoms with Crippen LogP contribution in [-0.2, 0) is 9.53 Å². The average molecular weight is 811 g/mol. The van der Waals surface area contributed by atoms with Gasteiger partial charge in [-0.05, 0) is 143 Å². The molecule has 0 bridgehead atoms. The van der Waals surface area contributed by atoms with Crippen LogP contribution in [0.1, 0.15) is 228 Å². The van der Waals surface area contributed by atoms with Gasteiger partial charge >= 0.3 is 5.97 Å². The molecule has 0 heterocycles. The molecule has 8 unspecified atom stereocenters. The highest BCUT2D eigenvalue weighted by atomic mass is 16.5. The SMILES string of the molecule is CC/C=C\C/C=C\C/C=C\C/C=C\C/C=C\CCCCCCCCCCCCCC(=O)OC1CCC2(C)C(=CCC3C2CCC2(C)C(C(C)CCCC(C)C)CCC32)C1. The number of ether oxygens (including phenoxy) is 1. The fourth-order valence-electron chi connectivity index (χ4n) is 12.5. The first-order valence-corrected chi connectivity index (χ1v) is 25.8. The van der Waals surface area contributed by atoms with Crippen molar-refractivity contribution in [2.45, 2.75) is 234 Å². The first-order chi connectivity index (χ1) is 28.7.